The van der Waals surface area contributed by atoms with E-state index >= 15 is 0 Å². The van der Waals surface area contributed by atoms with Gasteiger partial charge in [-0.3, -0.25) is 9.59 Å². The second kappa shape index (κ2) is 7.73. The molecule has 122 valence electrons. The molecule has 2 heterocycles. The molecule has 2 rings (SSSR count). The number of amides is 2. The molecule has 0 saturated carbocycles. The molecule has 0 aromatic carbocycles. The summed E-state index contributed by atoms with van der Waals surface area (Å²) in [6.07, 6.45) is 1.54. The predicted molar refractivity (Wildman–Crippen MR) is 89.8 cm³/mol. The number of carbonyl (C=O) groups excluding carboxylic acids is 2. The molecule has 2 amide bonds. The monoisotopic (exact) mass is 333 g/mol. The van der Waals surface area contributed by atoms with E-state index in [-0.39, 0.29) is 17.7 Å². The second-order valence-corrected chi connectivity index (χ2v) is 6.19. The van der Waals surface area contributed by atoms with Crippen molar-refractivity contribution in [2.45, 2.75) is 19.9 Å². The van der Waals surface area contributed by atoms with Crippen molar-refractivity contribution in [3.8, 4) is 5.75 Å². The van der Waals surface area contributed by atoms with Gasteiger partial charge in [-0.25, -0.2) is 4.98 Å². The average molecular weight is 333 g/mol. The molecule has 0 aliphatic heterocycles. The summed E-state index contributed by atoms with van der Waals surface area (Å²) < 4.78 is 5.10. The number of nitrogens with zero attached hydrogens (tertiary/aromatic N) is 1. The first kappa shape index (κ1) is 17.0. The molecule has 7 heteroatoms. The lowest BCUT2D eigenvalue weighted by Gasteiger charge is -2.21. The Labute approximate surface area is 138 Å². The van der Waals surface area contributed by atoms with Crippen LogP contribution in [0.3, 0.4) is 0 Å². The van der Waals surface area contributed by atoms with Gasteiger partial charge in [0.2, 0.25) is 5.91 Å². The zero-order valence-corrected chi connectivity index (χ0v) is 14.0. The van der Waals surface area contributed by atoms with E-state index in [1.165, 1.54) is 11.3 Å². The van der Waals surface area contributed by atoms with Crippen molar-refractivity contribution in [1.29, 1.82) is 0 Å². The van der Waals surface area contributed by atoms with Gasteiger partial charge in [0.1, 0.15) is 17.6 Å². The molecule has 0 fully saturated rings. The summed E-state index contributed by atoms with van der Waals surface area (Å²) in [6.45, 7) is 3.75. The van der Waals surface area contributed by atoms with Crippen LogP contribution in [0, 0.1) is 5.92 Å². The van der Waals surface area contributed by atoms with E-state index in [0.717, 1.165) is 0 Å². The van der Waals surface area contributed by atoms with Crippen molar-refractivity contribution >= 4 is 29.0 Å². The lowest BCUT2D eigenvalue weighted by molar-refractivity contribution is -0.118. The minimum Gasteiger partial charge on any atom is -0.497 e. The highest BCUT2D eigenvalue weighted by molar-refractivity contribution is 7.12. The van der Waals surface area contributed by atoms with Crippen LogP contribution in [-0.4, -0.2) is 29.9 Å². The van der Waals surface area contributed by atoms with Crippen LogP contribution in [0.15, 0.2) is 35.8 Å². The minimum absolute atomic E-state index is 0.0653. The largest absolute Gasteiger partial charge is 0.497 e. The molecule has 2 aromatic heterocycles. The lowest BCUT2D eigenvalue weighted by Crippen LogP contribution is -2.47. The van der Waals surface area contributed by atoms with Crippen LogP contribution in [-0.2, 0) is 4.79 Å². The third kappa shape index (κ3) is 4.53. The molecule has 0 unspecified atom stereocenters. The Morgan fingerprint density at radius 2 is 2.09 bits per heavy atom. The van der Waals surface area contributed by atoms with Crippen molar-refractivity contribution in [2.24, 2.45) is 5.92 Å². The molecule has 0 aliphatic rings. The third-order valence-electron chi connectivity index (χ3n) is 3.20. The van der Waals surface area contributed by atoms with Gasteiger partial charge < -0.3 is 15.4 Å². The van der Waals surface area contributed by atoms with Gasteiger partial charge in [-0.15, -0.1) is 11.3 Å². The van der Waals surface area contributed by atoms with Gasteiger partial charge in [-0.2, -0.15) is 0 Å². The SMILES string of the molecule is COc1ccnc(NC(=O)[C@H](NC(=O)c2cccs2)C(C)C)c1. The number of hydrogen-bond acceptors (Lipinski definition) is 5. The van der Waals surface area contributed by atoms with Crippen LogP contribution in [0.1, 0.15) is 23.5 Å². The van der Waals surface area contributed by atoms with E-state index < -0.39 is 6.04 Å². The number of nitrogens with one attached hydrogen (secondary N) is 2. The van der Waals surface area contributed by atoms with Gasteiger partial charge in [-0.1, -0.05) is 19.9 Å². The van der Waals surface area contributed by atoms with E-state index in [0.29, 0.717) is 16.4 Å². The first-order valence-electron chi connectivity index (χ1n) is 7.16. The smallest absolute Gasteiger partial charge is 0.262 e. The maximum Gasteiger partial charge on any atom is 0.262 e. The van der Waals surface area contributed by atoms with Gasteiger partial charge in [0.05, 0.1) is 12.0 Å². The van der Waals surface area contributed by atoms with Crippen molar-refractivity contribution in [3.63, 3.8) is 0 Å². The number of rotatable bonds is 6. The first-order valence-corrected chi connectivity index (χ1v) is 8.04. The Hall–Kier alpha value is -2.41. The molecule has 6 nitrogen and oxygen atoms in total. The Balaban J connectivity index is 2.07. The van der Waals surface area contributed by atoms with Crippen LogP contribution in [0.2, 0.25) is 0 Å². The summed E-state index contributed by atoms with van der Waals surface area (Å²) in [5, 5.41) is 7.29. The molecule has 0 spiro atoms. The molecule has 0 saturated heterocycles. The second-order valence-electron chi connectivity index (χ2n) is 5.24. The maximum atomic E-state index is 12.5. The summed E-state index contributed by atoms with van der Waals surface area (Å²) in [4.78, 5) is 29.3. The molecule has 0 aliphatic carbocycles. The first-order chi connectivity index (χ1) is 11.0. The van der Waals surface area contributed by atoms with Crippen molar-refractivity contribution < 1.29 is 14.3 Å². The summed E-state index contributed by atoms with van der Waals surface area (Å²) >= 11 is 1.33. The lowest BCUT2D eigenvalue weighted by atomic mass is 10.0. The van der Waals surface area contributed by atoms with Crippen LogP contribution < -0.4 is 15.4 Å². The van der Waals surface area contributed by atoms with E-state index in [4.69, 9.17) is 4.74 Å². The molecular weight excluding hydrogens is 314 g/mol. The Morgan fingerprint density at radius 1 is 1.30 bits per heavy atom. The van der Waals surface area contributed by atoms with Gasteiger partial charge in [0.25, 0.3) is 5.91 Å². The van der Waals surface area contributed by atoms with Crippen molar-refractivity contribution in [3.05, 3.63) is 40.7 Å². The third-order valence-corrected chi connectivity index (χ3v) is 4.07. The zero-order valence-electron chi connectivity index (χ0n) is 13.2. The van der Waals surface area contributed by atoms with Crippen molar-refractivity contribution in [1.82, 2.24) is 10.3 Å². The number of thiophene rings is 1. The Morgan fingerprint density at radius 3 is 2.70 bits per heavy atom. The van der Waals surface area contributed by atoms with Gasteiger partial charge >= 0.3 is 0 Å². The quantitative estimate of drug-likeness (QED) is 0.851. The summed E-state index contributed by atoms with van der Waals surface area (Å²) in [7, 11) is 1.54. The van der Waals surface area contributed by atoms with Gasteiger partial charge in [-0.05, 0) is 23.4 Å². The normalized spacial score (nSPS) is 11.8. The van der Waals surface area contributed by atoms with Crippen LogP contribution in [0.4, 0.5) is 5.82 Å². The van der Waals surface area contributed by atoms with Gasteiger partial charge in [0.15, 0.2) is 0 Å². The van der Waals surface area contributed by atoms with E-state index in [1.807, 2.05) is 19.2 Å². The predicted octanol–water partition coefficient (Wildman–Crippen LogP) is 2.54. The molecular formula is C16H19N3O3S. The number of methoxy groups -OCH3 is 1. The highest BCUT2D eigenvalue weighted by atomic mass is 32.1. The Bertz CT molecular complexity index is 671. The van der Waals surface area contributed by atoms with Gasteiger partial charge in [0, 0.05) is 12.3 Å². The highest BCUT2D eigenvalue weighted by Crippen LogP contribution is 2.15. The highest BCUT2D eigenvalue weighted by Gasteiger charge is 2.25. The topological polar surface area (TPSA) is 80.3 Å². The average Bonchev–Trinajstić information content (AvgIpc) is 3.06. The van der Waals surface area contributed by atoms with Crippen LogP contribution >= 0.6 is 11.3 Å². The number of anilines is 1. The number of carbonyl (C=O) groups is 2. The summed E-state index contributed by atoms with van der Waals surface area (Å²) in [6, 6.07) is 6.17. The molecule has 2 N–H and O–H groups in total. The van der Waals surface area contributed by atoms with Crippen molar-refractivity contribution in [2.75, 3.05) is 12.4 Å². The van der Waals surface area contributed by atoms with Crippen LogP contribution in [0.25, 0.3) is 0 Å². The fourth-order valence-corrected chi connectivity index (χ4v) is 2.59. The number of ether oxygens (including phenoxy) is 1. The molecule has 0 bridgehead atoms. The van der Waals surface area contributed by atoms with Crippen LogP contribution in [0.5, 0.6) is 5.75 Å². The Kier molecular flexibility index (Phi) is 5.70. The zero-order chi connectivity index (χ0) is 16.8. The summed E-state index contributed by atoms with van der Waals surface area (Å²) in [5.74, 6) is 0.340. The number of pyridine rings is 1. The van der Waals surface area contributed by atoms with E-state index in [2.05, 4.69) is 15.6 Å². The fraction of sp³-hybridized carbons (Fsp3) is 0.312. The maximum absolute atomic E-state index is 12.5. The standard InChI is InChI=1S/C16H19N3O3S/c1-10(2)14(19-15(20)12-5-4-8-23-12)16(21)18-13-9-11(22-3)6-7-17-13/h4-10,14H,1-3H3,(H,19,20)(H,17,18,21)/t14-/m1/s1. The number of hydrogen-bond donors (Lipinski definition) is 2. The van der Waals surface area contributed by atoms with E-state index in [1.54, 1.807) is 37.6 Å². The summed E-state index contributed by atoms with van der Waals surface area (Å²) in [5.41, 5.74) is 0. The number of aromatic nitrogens is 1. The van der Waals surface area contributed by atoms with E-state index in [9.17, 15) is 9.59 Å². The molecule has 23 heavy (non-hydrogen) atoms. The minimum atomic E-state index is -0.655. The molecule has 1 atom stereocenters. The molecule has 0 radical (unpaired) electrons. The molecule has 2 aromatic rings. The fourth-order valence-electron chi connectivity index (χ4n) is 1.97.